The summed E-state index contributed by atoms with van der Waals surface area (Å²) in [6.45, 7) is 16.3. The smallest absolute Gasteiger partial charge is 0.0166 e. The van der Waals surface area contributed by atoms with Crippen LogP contribution < -0.4 is 5.32 Å². The summed E-state index contributed by atoms with van der Waals surface area (Å²) in [5.41, 5.74) is 0. The third-order valence-electron chi connectivity index (χ3n) is 3.71. The largest absolute Gasteiger partial charge is 0.313 e. The van der Waals surface area contributed by atoms with E-state index in [2.05, 4.69) is 42.8 Å². The van der Waals surface area contributed by atoms with Gasteiger partial charge < -0.3 is 5.32 Å². The molecule has 1 aliphatic rings. The first-order valence-corrected chi connectivity index (χ1v) is 6.87. The lowest BCUT2D eigenvalue weighted by molar-refractivity contribution is 0.0954. The molecule has 1 heterocycles. The van der Waals surface area contributed by atoms with Gasteiger partial charge in [0, 0.05) is 44.8 Å². The summed E-state index contributed by atoms with van der Waals surface area (Å²) in [7, 11) is 0. The van der Waals surface area contributed by atoms with Crippen LogP contribution in [-0.2, 0) is 0 Å². The van der Waals surface area contributed by atoms with Crippen molar-refractivity contribution in [3.63, 3.8) is 0 Å². The predicted octanol–water partition coefficient (Wildman–Crippen LogP) is 1.40. The summed E-state index contributed by atoms with van der Waals surface area (Å²) in [4.78, 5) is 5.21. The summed E-state index contributed by atoms with van der Waals surface area (Å²) < 4.78 is 0. The lowest BCUT2D eigenvalue weighted by atomic mass is 10.2. The maximum atomic E-state index is 3.48. The fourth-order valence-corrected chi connectivity index (χ4v) is 2.45. The van der Waals surface area contributed by atoms with Gasteiger partial charge in [0.15, 0.2) is 0 Å². The minimum atomic E-state index is 0.625. The molecule has 0 aromatic rings. The van der Waals surface area contributed by atoms with Gasteiger partial charge in [-0.25, -0.2) is 0 Å². The van der Waals surface area contributed by atoms with E-state index in [-0.39, 0.29) is 0 Å². The second kappa shape index (κ2) is 7.25. The second-order valence-corrected chi connectivity index (χ2v) is 5.05. The Bertz CT molecular complexity index is 176. The fraction of sp³-hybridized carbons (Fsp3) is 1.00. The quantitative estimate of drug-likeness (QED) is 0.740. The first kappa shape index (κ1) is 13.9. The highest BCUT2D eigenvalue weighted by Crippen LogP contribution is 2.08. The number of piperazine rings is 1. The van der Waals surface area contributed by atoms with Crippen molar-refractivity contribution in [3.8, 4) is 0 Å². The first-order valence-electron chi connectivity index (χ1n) is 6.87. The summed E-state index contributed by atoms with van der Waals surface area (Å²) >= 11 is 0. The molecule has 1 fully saturated rings. The Morgan fingerprint density at radius 3 is 2.19 bits per heavy atom. The zero-order chi connectivity index (χ0) is 12.0. The van der Waals surface area contributed by atoms with Crippen LogP contribution in [0.3, 0.4) is 0 Å². The number of rotatable bonds is 6. The number of nitrogens with zero attached hydrogens (tertiary/aromatic N) is 2. The molecule has 0 amide bonds. The molecular weight excluding hydrogens is 198 g/mol. The molecule has 3 nitrogen and oxygen atoms in total. The highest BCUT2D eigenvalue weighted by Gasteiger charge is 2.20. The van der Waals surface area contributed by atoms with Crippen molar-refractivity contribution < 1.29 is 0 Å². The third-order valence-corrected chi connectivity index (χ3v) is 3.71. The molecule has 16 heavy (non-hydrogen) atoms. The van der Waals surface area contributed by atoms with Crippen LogP contribution in [0.25, 0.3) is 0 Å². The Morgan fingerprint density at radius 2 is 1.69 bits per heavy atom. The van der Waals surface area contributed by atoms with Gasteiger partial charge in [0.05, 0.1) is 0 Å². The lowest BCUT2D eigenvalue weighted by Gasteiger charge is -2.38. The Hall–Kier alpha value is -0.120. The number of hydrogen-bond donors (Lipinski definition) is 1. The molecule has 0 bridgehead atoms. The number of nitrogens with one attached hydrogen (secondary N) is 1. The highest BCUT2D eigenvalue weighted by atomic mass is 15.3. The molecule has 1 N–H and O–H groups in total. The minimum Gasteiger partial charge on any atom is -0.313 e. The van der Waals surface area contributed by atoms with E-state index in [4.69, 9.17) is 0 Å². The molecule has 0 aromatic heterocycles. The molecule has 0 spiro atoms. The molecule has 0 saturated carbocycles. The van der Waals surface area contributed by atoms with Crippen LogP contribution in [0.1, 0.15) is 34.1 Å². The van der Waals surface area contributed by atoms with Crippen molar-refractivity contribution in [3.05, 3.63) is 0 Å². The first-order chi connectivity index (χ1) is 7.67. The van der Waals surface area contributed by atoms with Gasteiger partial charge in [-0.15, -0.1) is 0 Å². The third kappa shape index (κ3) is 4.40. The zero-order valence-corrected chi connectivity index (χ0v) is 11.5. The van der Waals surface area contributed by atoms with Gasteiger partial charge in [0.2, 0.25) is 0 Å². The van der Waals surface area contributed by atoms with E-state index in [1.54, 1.807) is 0 Å². The van der Waals surface area contributed by atoms with Crippen molar-refractivity contribution in [2.75, 3.05) is 39.3 Å². The molecule has 1 rings (SSSR count). The normalized spacial score (nSPS) is 23.2. The highest BCUT2D eigenvalue weighted by molar-refractivity contribution is 4.77. The molecular formula is C13H29N3. The average molecular weight is 227 g/mol. The van der Waals surface area contributed by atoms with Gasteiger partial charge in [0.25, 0.3) is 0 Å². The van der Waals surface area contributed by atoms with Crippen molar-refractivity contribution in [1.82, 2.24) is 15.1 Å². The maximum Gasteiger partial charge on any atom is 0.0166 e. The maximum absolute atomic E-state index is 3.48. The monoisotopic (exact) mass is 227 g/mol. The summed E-state index contributed by atoms with van der Waals surface area (Å²) in [5.74, 6) is 0. The molecule has 0 aromatic carbocycles. The molecule has 1 aliphatic heterocycles. The van der Waals surface area contributed by atoms with E-state index in [9.17, 15) is 0 Å². The SMILES string of the molecule is CCNC(C)CN1CCN(C(C)CC)CC1. The van der Waals surface area contributed by atoms with E-state index in [1.165, 1.54) is 39.1 Å². The predicted molar refractivity (Wildman–Crippen MR) is 70.9 cm³/mol. The topological polar surface area (TPSA) is 18.5 Å². The van der Waals surface area contributed by atoms with Gasteiger partial charge in [-0.05, 0) is 26.8 Å². The van der Waals surface area contributed by atoms with Crippen molar-refractivity contribution in [1.29, 1.82) is 0 Å². The van der Waals surface area contributed by atoms with Crippen LogP contribution in [0.2, 0.25) is 0 Å². The van der Waals surface area contributed by atoms with Crippen LogP contribution in [0.5, 0.6) is 0 Å². The standard InChI is InChI=1S/C13H29N3/c1-5-13(4)16-9-7-15(8-10-16)11-12(3)14-6-2/h12-14H,5-11H2,1-4H3. The number of likely N-dealkylation sites (N-methyl/N-ethyl adjacent to an activating group) is 1. The van der Waals surface area contributed by atoms with Gasteiger partial charge in [-0.2, -0.15) is 0 Å². The Morgan fingerprint density at radius 1 is 1.06 bits per heavy atom. The molecule has 1 saturated heterocycles. The Labute approximate surface area is 101 Å². The van der Waals surface area contributed by atoms with E-state index < -0.39 is 0 Å². The van der Waals surface area contributed by atoms with Gasteiger partial charge in [-0.3, -0.25) is 9.80 Å². The van der Waals surface area contributed by atoms with Crippen LogP contribution >= 0.6 is 0 Å². The molecule has 3 heteroatoms. The van der Waals surface area contributed by atoms with Crippen LogP contribution in [0, 0.1) is 0 Å². The molecule has 96 valence electrons. The average Bonchev–Trinajstić information content (AvgIpc) is 2.29. The molecule has 2 unspecified atom stereocenters. The summed E-state index contributed by atoms with van der Waals surface area (Å²) in [6, 6.07) is 1.38. The number of hydrogen-bond acceptors (Lipinski definition) is 3. The van der Waals surface area contributed by atoms with E-state index in [0.29, 0.717) is 6.04 Å². The van der Waals surface area contributed by atoms with Gasteiger partial charge in [-0.1, -0.05) is 13.8 Å². The van der Waals surface area contributed by atoms with E-state index in [0.717, 1.165) is 12.6 Å². The van der Waals surface area contributed by atoms with Gasteiger partial charge in [0.1, 0.15) is 0 Å². The summed E-state index contributed by atoms with van der Waals surface area (Å²) in [6.07, 6.45) is 1.27. The zero-order valence-electron chi connectivity index (χ0n) is 11.5. The van der Waals surface area contributed by atoms with Crippen molar-refractivity contribution in [2.45, 2.75) is 46.2 Å². The van der Waals surface area contributed by atoms with E-state index in [1.807, 2.05) is 0 Å². The van der Waals surface area contributed by atoms with E-state index >= 15 is 0 Å². The molecule has 0 radical (unpaired) electrons. The van der Waals surface area contributed by atoms with Gasteiger partial charge >= 0.3 is 0 Å². The minimum absolute atomic E-state index is 0.625. The Balaban J connectivity index is 2.21. The van der Waals surface area contributed by atoms with Crippen molar-refractivity contribution in [2.24, 2.45) is 0 Å². The fourth-order valence-electron chi connectivity index (χ4n) is 2.45. The van der Waals surface area contributed by atoms with Crippen molar-refractivity contribution >= 4 is 0 Å². The lowest BCUT2D eigenvalue weighted by Crippen LogP contribution is -2.52. The van der Waals surface area contributed by atoms with Crippen LogP contribution in [0.15, 0.2) is 0 Å². The Kier molecular flexibility index (Phi) is 6.32. The molecule has 0 aliphatic carbocycles. The summed E-state index contributed by atoms with van der Waals surface area (Å²) in [5, 5.41) is 3.48. The van der Waals surface area contributed by atoms with Crippen LogP contribution in [0.4, 0.5) is 0 Å². The van der Waals surface area contributed by atoms with Crippen LogP contribution in [-0.4, -0.2) is 61.2 Å². The molecule has 2 atom stereocenters. The second-order valence-electron chi connectivity index (χ2n) is 5.05.